The van der Waals surface area contributed by atoms with Gasteiger partial charge in [-0.05, 0) is 17.7 Å². The number of ether oxygens (including phenoxy) is 1. The van der Waals surface area contributed by atoms with Gasteiger partial charge < -0.3 is 20.5 Å². The number of hydrogen-bond acceptors (Lipinski definition) is 3. The molecule has 0 spiro atoms. The lowest BCUT2D eigenvalue weighted by Gasteiger charge is -2.25. The van der Waals surface area contributed by atoms with Gasteiger partial charge in [0.2, 0.25) is 0 Å². The van der Waals surface area contributed by atoms with Crippen LogP contribution in [0.3, 0.4) is 0 Å². The van der Waals surface area contributed by atoms with Crippen molar-refractivity contribution >= 4 is 41.7 Å². The fraction of sp³-hybridized carbons (Fsp3) is 0.462. The number of amides is 1. The molecule has 5 nitrogen and oxygen atoms in total. The summed E-state index contributed by atoms with van der Waals surface area (Å²) in [7, 11) is 0. The van der Waals surface area contributed by atoms with Crippen molar-refractivity contribution in [2.24, 2.45) is 5.92 Å². The van der Waals surface area contributed by atoms with Gasteiger partial charge in [-0.25, -0.2) is 4.79 Å². The second-order valence-corrected chi connectivity index (χ2v) is 5.43. The van der Waals surface area contributed by atoms with E-state index in [0.29, 0.717) is 29.7 Å². The average Bonchev–Trinajstić information content (AvgIpc) is 2.65. The molecule has 0 aliphatic carbocycles. The molecule has 1 aliphatic rings. The maximum atomic E-state index is 10.7. The van der Waals surface area contributed by atoms with E-state index in [9.17, 15) is 4.79 Å². The van der Waals surface area contributed by atoms with Crippen LogP contribution < -0.4 is 10.6 Å². The minimum absolute atomic E-state index is 0. The van der Waals surface area contributed by atoms with Crippen molar-refractivity contribution in [3.05, 3.63) is 33.8 Å². The first-order chi connectivity index (χ1) is 9.58. The highest BCUT2D eigenvalue weighted by Gasteiger charge is 2.26. The van der Waals surface area contributed by atoms with Gasteiger partial charge in [-0.1, -0.05) is 29.3 Å². The summed E-state index contributed by atoms with van der Waals surface area (Å²) in [5.41, 5.74) is 0.903. The number of carboxylic acid groups (broad SMARTS) is 1. The van der Waals surface area contributed by atoms with Crippen LogP contribution in [0.5, 0.6) is 0 Å². The first-order valence-electron chi connectivity index (χ1n) is 6.32. The molecule has 3 N–H and O–H groups in total. The molecule has 2 rings (SSSR count). The molecule has 8 heteroatoms. The molecule has 1 heterocycles. The number of carbonyl (C=O) groups is 1. The Morgan fingerprint density at radius 3 is 2.86 bits per heavy atom. The lowest BCUT2D eigenvalue weighted by atomic mass is 9.95. The van der Waals surface area contributed by atoms with E-state index in [2.05, 4.69) is 10.6 Å². The molecule has 0 radical (unpaired) electrons. The second kappa shape index (κ2) is 8.66. The average molecular weight is 356 g/mol. The Bertz CT molecular complexity index is 488. The topological polar surface area (TPSA) is 70.6 Å². The fourth-order valence-electron chi connectivity index (χ4n) is 2.24. The molecule has 118 valence electrons. The monoisotopic (exact) mass is 354 g/mol. The van der Waals surface area contributed by atoms with E-state index in [0.717, 1.165) is 12.1 Å². The van der Waals surface area contributed by atoms with Gasteiger partial charge in [0.15, 0.2) is 0 Å². The molecular formula is C13H17Cl3N2O3. The Labute approximate surface area is 139 Å². The normalized spacial score (nSPS) is 22.0. The standard InChI is InChI=1S/C13H16Cl2N2O3.ClH/c14-10-2-1-8(5-11(10)15)12-9(7-17-13(18)19)6-16-3-4-20-12;/h1-2,5,9,12,16-17H,3-4,6-7H2,(H,18,19);1H/t9-,12-;/m0./s1. The van der Waals surface area contributed by atoms with Gasteiger partial charge in [-0.15, -0.1) is 12.4 Å². The largest absolute Gasteiger partial charge is 0.465 e. The molecule has 0 bridgehead atoms. The van der Waals surface area contributed by atoms with Gasteiger partial charge in [0.1, 0.15) is 0 Å². The summed E-state index contributed by atoms with van der Waals surface area (Å²) in [6.07, 6.45) is -1.26. The molecule has 1 aromatic rings. The predicted octanol–water partition coefficient (Wildman–Crippen LogP) is 2.96. The van der Waals surface area contributed by atoms with Gasteiger partial charge in [0.25, 0.3) is 0 Å². The van der Waals surface area contributed by atoms with E-state index in [1.165, 1.54) is 0 Å². The van der Waals surface area contributed by atoms with Crippen LogP contribution in [-0.2, 0) is 4.74 Å². The molecule has 1 amide bonds. The summed E-state index contributed by atoms with van der Waals surface area (Å²) in [5.74, 6) is -0.00848. The van der Waals surface area contributed by atoms with Crippen LogP contribution in [0.4, 0.5) is 4.79 Å². The third-order valence-electron chi connectivity index (χ3n) is 3.20. The third-order valence-corrected chi connectivity index (χ3v) is 3.94. The summed E-state index contributed by atoms with van der Waals surface area (Å²) in [6.45, 7) is 2.29. The Hall–Kier alpha value is -0.720. The number of halogens is 3. The first kappa shape index (κ1) is 18.3. The lowest BCUT2D eigenvalue weighted by Crippen LogP contribution is -2.35. The van der Waals surface area contributed by atoms with Crippen molar-refractivity contribution in [1.29, 1.82) is 0 Å². The van der Waals surface area contributed by atoms with Crippen LogP contribution in [0.15, 0.2) is 18.2 Å². The molecule has 0 aromatic heterocycles. The van der Waals surface area contributed by atoms with Gasteiger partial charge in [0, 0.05) is 25.6 Å². The van der Waals surface area contributed by atoms with Crippen LogP contribution in [0.25, 0.3) is 0 Å². The quantitative estimate of drug-likeness (QED) is 0.779. The van der Waals surface area contributed by atoms with Crippen molar-refractivity contribution in [2.45, 2.75) is 6.10 Å². The third kappa shape index (κ3) is 5.20. The van der Waals surface area contributed by atoms with E-state index in [1.807, 2.05) is 6.07 Å². The number of hydrogen-bond donors (Lipinski definition) is 3. The van der Waals surface area contributed by atoms with E-state index >= 15 is 0 Å². The minimum atomic E-state index is -1.04. The minimum Gasteiger partial charge on any atom is -0.465 e. The number of benzene rings is 1. The van der Waals surface area contributed by atoms with Gasteiger partial charge in [-0.3, -0.25) is 0 Å². The number of rotatable bonds is 3. The maximum Gasteiger partial charge on any atom is 0.404 e. The van der Waals surface area contributed by atoms with Crippen molar-refractivity contribution in [1.82, 2.24) is 10.6 Å². The molecule has 1 saturated heterocycles. The molecule has 2 atom stereocenters. The molecule has 0 unspecified atom stereocenters. The highest BCUT2D eigenvalue weighted by Crippen LogP contribution is 2.31. The summed E-state index contributed by atoms with van der Waals surface area (Å²) in [6, 6.07) is 5.36. The SMILES string of the molecule is Cl.O=C(O)NC[C@@H]1CNCCO[C@H]1c1ccc(Cl)c(Cl)c1. The zero-order valence-electron chi connectivity index (χ0n) is 11.1. The molecule has 1 aliphatic heterocycles. The summed E-state index contributed by atoms with van der Waals surface area (Å²) >= 11 is 12.0. The smallest absolute Gasteiger partial charge is 0.404 e. The van der Waals surface area contributed by atoms with Crippen LogP contribution in [0.1, 0.15) is 11.7 Å². The van der Waals surface area contributed by atoms with Gasteiger partial charge in [0.05, 0.1) is 22.8 Å². The highest BCUT2D eigenvalue weighted by molar-refractivity contribution is 6.42. The van der Waals surface area contributed by atoms with E-state index in [-0.39, 0.29) is 24.4 Å². The van der Waals surface area contributed by atoms with Crippen LogP contribution in [-0.4, -0.2) is 37.4 Å². The molecule has 21 heavy (non-hydrogen) atoms. The van der Waals surface area contributed by atoms with Crippen LogP contribution in [0, 0.1) is 5.92 Å². The van der Waals surface area contributed by atoms with E-state index < -0.39 is 6.09 Å². The molecule has 1 fully saturated rings. The molecule has 1 aromatic carbocycles. The Kier molecular flexibility index (Phi) is 7.56. The van der Waals surface area contributed by atoms with Gasteiger partial charge in [-0.2, -0.15) is 0 Å². The van der Waals surface area contributed by atoms with E-state index in [4.69, 9.17) is 33.0 Å². The lowest BCUT2D eigenvalue weighted by molar-refractivity contribution is 0.0309. The van der Waals surface area contributed by atoms with E-state index in [1.54, 1.807) is 12.1 Å². The van der Waals surface area contributed by atoms with Crippen LogP contribution >= 0.6 is 35.6 Å². The summed E-state index contributed by atoms with van der Waals surface area (Å²) in [5, 5.41) is 15.3. The first-order valence-corrected chi connectivity index (χ1v) is 7.07. The second-order valence-electron chi connectivity index (χ2n) is 4.62. The van der Waals surface area contributed by atoms with Gasteiger partial charge >= 0.3 is 6.09 Å². The molecule has 0 saturated carbocycles. The fourth-order valence-corrected chi connectivity index (χ4v) is 2.55. The van der Waals surface area contributed by atoms with Crippen LogP contribution in [0.2, 0.25) is 10.0 Å². The van der Waals surface area contributed by atoms with Crippen molar-refractivity contribution < 1.29 is 14.6 Å². The van der Waals surface area contributed by atoms with Crippen molar-refractivity contribution in [2.75, 3.05) is 26.2 Å². The molecular weight excluding hydrogens is 339 g/mol. The number of nitrogens with one attached hydrogen (secondary N) is 2. The summed E-state index contributed by atoms with van der Waals surface area (Å²) in [4.78, 5) is 10.7. The maximum absolute atomic E-state index is 10.7. The Morgan fingerprint density at radius 1 is 1.43 bits per heavy atom. The highest BCUT2D eigenvalue weighted by atomic mass is 35.5. The summed E-state index contributed by atoms with van der Waals surface area (Å²) < 4.78 is 5.83. The van der Waals surface area contributed by atoms with Crippen molar-refractivity contribution in [3.63, 3.8) is 0 Å². The zero-order valence-corrected chi connectivity index (χ0v) is 13.5. The Balaban J connectivity index is 0.00000220. The predicted molar refractivity (Wildman–Crippen MR) is 84.8 cm³/mol. The zero-order chi connectivity index (χ0) is 14.5. The Morgan fingerprint density at radius 2 is 2.19 bits per heavy atom. The van der Waals surface area contributed by atoms with Crippen molar-refractivity contribution in [3.8, 4) is 0 Å².